The van der Waals surface area contributed by atoms with E-state index in [0.717, 1.165) is 24.2 Å². The number of sulfone groups is 1. The molecule has 0 radical (unpaired) electrons. The van der Waals surface area contributed by atoms with Gasteiger partial charge < -0.3 is 9.64 Å². The van der Waals surface area contributed by atoms with E-state index in [9.17, 15) is 13.2 Å². The molecule has 33 heavy (non-hydrogen) atoms. The summed E-state index contributed by atoms with van der Waals surface area (Å²) in [5, 5.41) is 0.954. The minimum atomic E-state index is -3.16. The topological polar surface area (TPSA) is 63.7 Å². The van der Waals surface area contributed by atoms with Gasteiger partial charge in [-0.05, 0) is 54.8 Å². The molecule has 180 valence electrons. The summed E-state index contributed by atoms with van der Waals surface area (Å²) in [7, 11) is -3.16. The highest BCUT2D eigenvalue weighted by Crippen LogP contribution is 2.27. The van der Waals surface area contributed by atoms with Gasteiger partial charge in [-0.3, -0.25) is 4.79 Å². The van der Waals surface area contributed by atoms with Crippen molar-refractivity contribution in [2.24, 2.45) is 0 Å². The van der Waals surface area contributed by atoms with Gasteiger partial charge in [-0.15, -0.1) is 0 Å². The molecule has 0 N–H and O–H groups in total. The van der Waals surface area contributed by atoms with Gasteiger partial charge in [0.25, 0.3) is 5.91 Å². The first-order valence-electron chi connectivity index (χ1n) is 11.5. The Hall–Kier alpha value is -1.76. The van der Waals surface area contributed by atoms with Gasteiger partial charge in [-0.25, -0.2) is 8.42 Å². The summed E-state index contributed by atoms with van der Waals surface area (Å²) in [4.78, 5) is 15.0. The highest BCUT2D eigenvalue weighted by Gasteiger charge is 2.35. The molecule has 1 heterocycles. The van der Waals surface area contributed by atoms with Crippen molar-refractivity contribution < 1.29 is 17.9 Å². The zero-order chi connectivity index (χ0) is 23.8. The number of carbonyl (C=O) groups excluding carboxylic acids is 1. The van der Waals surface area contributed by atoms with E-state index in [1.54, 1.807) is 47.4 Å². The Morgan fingerprint density at radius 2 is 1.79 bits per heavy atom. The van der Waals surface area contributed by atoms with Crippen molar-refractivity contribution in [1.29, 1.82) is 0 Å². The summed E-state index contributed by atoms with van der Waals surface area (Å²) in [5.74, 6) is 0.538. The molecule has 1 aliphatic rings. The monoisotopic (exact) mass is 511 g/mol. The summed E-state index contributed by atoms with van der Waals surface area (Å²) < 4.78 is 30.0. The van der Waals surface area contributed by atoms with E-state index in [-0.39, 0.29) is 24.0 Å². The predicted octanol–water partition coefficient (Wildman–Crippen LogP) is 6.17. The molecule has 0 aliphatic carbocycles. The van der Waals surface area contributed by atoms with Crippen molar-refractivity contribution in [2.75, 3.05) is 18.1 Å². The summed E-state index contributed by atoms with van der Waals surface area (Å²) in [6.45, 7) is 3.05. The molecule has 3 rings (SSSR count). The molecule has 1 unspecified atom stereocenters. The minimum Gasteiger partial charge on any atom is -0.494 e. The number of amides is 1. The Balaban J connectivity index is 1.70. The van der Waals surface area contributed by atoms with Crippen LogP contribution in [0.2, 0.25) is 10.0 Å². The Morgan fingerprint density at radius 3 is 2.42 bits per heavy atom. The van der Waals surface area contributed by atoms with Crippen molar-refractivity contribution in [1.82, 2.24) is 4.90 Å². The van der Waals surface area contributed by atoms with E-state index in [1.165, 1.54) is 19.3 Å². The maximum atomic E-state index is 13.4. The number of unbranched alkanes of at least 4 members (excludes halogenated alkanes) is 4. The Morgan fingerprint density at radius 1 is 1.06 bits per heavy atom. The van der Waals surface area contributed by atoms with Gasteiger partial charge in [-0.1, -0.05) is 61.9 Å². The van der Waals surface area contributed by atoms with E-state index in [0.29, 0.717) is 28.6 Å². The average molecular weight is 512 g/mol. The Bertz CT molecular complexity index is 1040. The average Bonchev–Trinajstić information content (AvgIpc) is 3.15. The van der Waals surface area contributed by atoms with E-state index in [1.807, 2.05) is 0 Å². The van der Waals surface area contributed by atoms with Gasteiger partial charge >= 0.3 is 0 Å². The lowest BCUT2D eigenvalue weighted by atomic mass is 10.1. The molecule has 0 spiro atoms. The third kappa shape index (κ3) is 7.62. The molecule has 1 fully saturated rings. The molecular formula is C25H31Cl2NO4S. The van der Waals surface area contributed by atoms with Gasteiger partial charge in [0.1, 0.15) is 5.75 Å². The van der Waals surface area contributed by atoms with Crippen LogP contribution < -0.4 is 4.74 Å². The number of hydrogen-bond acceptors (Lipinski definition) is 4. The molecule has 2 aromatic carbocycles. The Labute approximate surface area is 206 Å². The van der Waals surface area contributed by atoms with Gasteiger partial charge in [0, 0.05) is 28.2 Å². The number of rotatable bonds is 11. The van der Waals surface area contributed by atoms with Crippen LogP contribution in [0.5, 0.6) is 5.75 Å². The van der Waals surface area contributed by atoms with Crippen LogP contribution in [0.4, 0.5) is 0 Å². The summed E-state index contributed by atoms with van der Waals surface area (Å²) in [6, 6.07) is 11.8. The summed E-state index contributed by atoms with van der Waals surface area (Å²) >= 11 is 12.3. The van der Waals surface area contributed by atoms with Gasteiger partial charge in [0.2, 0.25) is 0 Å². The van der Waals surface area contributed by atoms with Crippen molar-refractivity contribution in [3.8, 4) is 5.75 Å². The molecule has 1 saturated heterocycles. The van der Waals surface area contributed by atoms with E-state index >= 15 is 0 Å². The molecule has 0 saturated carbocycles. The largest absolute Gasteiger partial charge is 0.494 e. The lowest BCUT2D eigenvalue weighted by Gasteiger charge is -2.29. The molecule has 1 amide bonds. The van der Waals surface area contributed by atoms with Crippen LogP contribution in [0.25, 0.3) is 0 Å². The van der Waals surface area contributed by atoms with Crippen LogP contribution in [0, 0.1) is 0 Å². The molecular weight excluding hydrogens is 481 g/mol. The number of halogens is 2. The maximum Gasteiger partial charge on any atom is 0.254 e. The first kappa shape index (κ1) is 25.9. The number of nitrogens with zero attached hydrogens (tertiary/aromatic N) is 1. The molecule has 1 atom stereocenters. The second-order valence-corrected chi connectivity index (χ2v) is 11.6. The predicted molar refractivity (Wildman–Crippen MR) is 134 cm³/mol. The normalized spacial score (nSPS) is 17.1. The van der Waals surface area contributed by atoms with Crippen LogP contribution in [0.15, 0.2) is 42.5 Å². The highest BCUT2D eigenvalue weighted by atomic mass is 35.5. The second kappa shape index (κ2) is 12.1. The molecule has 0 aromatic heterocycles. The van der Waals surface area contributed by atoms with Gasteiger partial charge in [0.05, 0.1) is 18.1 Å². The van der Waals surface area contributed by atoms with Crippen molar-refractivity contribution in [3.63, 3.8) is 0 Å². The third-order valence-corrected chi connectivity index (χ3v) is 8.22. The van der Waals surface area contributed by atoms with Crippen LogP contribution in [0.1, 0.15) is 61.4 Å². The fourth-order valence-electron chi connectivity index (χ4n) is 3.98. The fourth-order valence-corrected chi connectivity index (χ4v) is 6.18. The standard InChI is InChI=1S/C25H31Cl2NO4S/c1-2-3-4-5-6-14-32-23-11-8-19(9-12-23)25(29)28(22-13-15-33(30,31)18-22)17-20-7-10-21(26)16-24(20)27/h7-12,16,22H,2-6,13-15,17-18H2,1H3. The van der Waals surface area contributed by atoms with Crippen molar-refractivity contribution in [3.05, 3.63) is 63.6 Å². The van der Waals surface area contributed by atoms with E-state index in [4.69, 9.17) is 27.9 Å². The molecule has 5 nitrogen and oxygen atoms in total. The number of hydrogen-bond donors (Lipinski definition) is 0. The Kier molecular flexibility index (Phi) is 9.47. The first-order chi connectivity index (χ1) is 15.8. The molecule has 2 aromatic rings. The molecule has 8 heteroatoms. The van der Waals surface area contributed by atoms with Crippen molar-refractivity contribution in [2.45, 2.75) is 58.0 Å². The number of ether oxygens (including phenoxy) is 1. The van der Waals surface area contributed by atoms with Crippen LogP contribution in [-0.4, -0.2) is 43.4 Å². The van der Waals surface area contributed by atoms with Gasteiger partial charge in [0.15, 0.2) is 9.84 Å². The molecule has 0 bridgehead atoms. The van der Waals surface area contributed by atoms with E-state index in [2.05, 4.69) is 6.92 Å². The minimum absolute atomic E-state index is 0.0385. The lowest BCUT2D eigenvalue weighted by molar-refractivity contribution is 0.0681. The summed E-state index contributed by atoms with van der Waals surface area (Å²) in [5.41, 5.74) is 1.21. The highest BCUT2D eigenvalue weighted by molar-refractivity contribution is 7.91. The van der Waals surface area contributed by atoms with Crippen LogP contribution >= 0.6 is 23.2 Å². The third-order valence-electron chi connectivity index (χ3n) is 5.88. The van der Waals surface area contributed by atoms with E-state index < -0.39 is 15.9 Å². The fraction of sp³-hybridized carbons (Fsp3) is 0.480. The van der Waals surface area contributed by atoms with Gasteiger partial charge in [-0.2, -0.15) is 0 Å². The van der Waals surface area contributed by atoms with Crippen molar-refractivity contribution >= 4 is 38.9 Å². The zero-order valence-electron chi connectivity index (χ0n) is 18.9. The number of benzene rings is 2. The summed E-state index contributed by atoms with van der Waals surface area (Å²) in [6.07, 6.45) is 6.25. The maximum absolute atomic E-state index is 13.4. The number of carbonyl (C=O) groups is 1. The smallest absolute Gasteiger partial charge is 0.254 e. The quantitative estimate of drug-likeness (QED) is 0.338. The lowest BCUT2D eigenvalue weighted by Crippen LogP contribution is -2.40. The molecule has 1 aliphatic heterocycles. The second-order valence-electron chi connectivity index (χ2n) is 8.51. The SMILES string of the molecule is CCCCCCCOc1ccc(C(=O)N(Cc2ccc(Cl)cc2Cl)C2CCS(=O)(=O)C2)cc1. The zero-order valence-corrected chi connectivity index (χ0v) is 21.3. The first-order valence-corrected chi connectivity index (χ1v) is 14.0. The van der Waals surface area contributed by atoms with Crippen LogP contribution in [0.3, 0.4) is 0 Å². The van der Waals surface area contributed by atoms with Crippen LogP contribution in [-0.2, 0) is 16.4 Å².